The SMILES string of the molecule is NCCc1ccc(-c2nc3c(OC(N)=O)cccc3[nH]2)cc1. The minimum atomic E-state index is -0.858. The average Bonchev–Trinajstić information content (AvgIpc) is 2.93. The smallest absolute Gasteiger partial charge is 0.408 e. The number of rotatable bonds is 4. The predicted molar refractivity (Wildman–Crippen MR) is 84.5 cm³/mol. The number of nitrogens with two attached hydrogens (primary N) is 2. The van der Waals surface area contributed by atoms with Gasteiger partial charge in [0.25, 0.3) is 0 Å². The first-order chi connectivity index (χ1) is 10.7. The minimum Gasteiger partial charge on any atom is -0.408 e. The normalized spacial score (nSPS) is 10.8. The predicted octanol–water partition coefficient (Wildman–Crippen LogP) is 2.19. The summed E-state index contributed by atoms with van der Waals surface area (Å²) in [5.74, 6) is 1.04. The Balaban J connectivity index is 1.99. The molecule has 112 valence electrons. The van der Waals surface area contributed by atoms with Crippen molar-refractivity contribution in [3.05, 3.63) is 48.0 Å². The molecule has 22 heavy (non-hydrogen) atoms. The molecule has 1 heterocycles. The molecule has 0 aliphatic heterocycles. The lowest BCUT2D eigenvalue weighted by Gasteiger charge is -2.00. The van der Waals surface area contributed by atoms with E-state index in [9.17, 15) is 4.79 Å². The van der Waals surface area contributed by atoms with Crippen LogP contribution in [0.3, 0.4) is 0 Å². The van der Waals surface area contributed by atoms with Gasteiger partial charge in [0.2, 0.25) is 0 Å². The van der Waals surface area contributed by atoms with Gasteiger partial charge in [-0.2, -0.15) is 0 Å². The van der Waals surface area contributed by atoms with Crippen LogP contribution in [0, 0.1) is 0 Å². The number of para-hydroxylation sites is 1. The zero-order valence-corrected chi connectivity index (χ0v) is 11.9. The van der Waals surface area contributed by atoms with Crippen molar-refractivity contribution in [3.63, 3.8) is 0 Å². The molecule has 0 atom stereocenters. The Kier molecular flexibility index (Phi) is 3.76. The van der Waals surface area contributed by atoms with Gasteiger partial charge in [0.1, 0.15) is 11.3 Å². The molecular formula is C16H16N4O2. The highest BCUT2D eigenvalue weighted by atomic mass is 16.5. The number of carbonyl (C=O) groups excluding carboxylic acids is 1. The van der Waals surface area contributed by atoms with Crippen molar-refractivity contribution in [1.82, 2.24) is 9.97 Å². The van der Waals surface area contributed by atoms with Crippen LogP contribution in [-0.2, 0) is 6.42 Å². The Bertz CT molecular complexity index is 809. The molecule has 0 saturated carbocycles. The van der Waals surface area contributed by atoms with E-state index in [1.807, 2.05) is 30.3 Å². The molecule has 2 aromatic carbocycles. The number of primary amides is 1. The molecule has 0 spiro atoms. The van der Waals surface area contributed by atoms with Gasteiger partial charge in [-0.15, -0.1) is 0 Å². The Morgan fingerprint density at radius 1 is 1.18 bits per heavy atom. The monoisotopic (exact) mass is 296 g/mol. The van der Waals surface area contributed by atoms with Gasteiger partial charge in [0.15, 0.2) is 5.75 Å². The van der Waals surface area contributed by atoms with E-state index in [1.54, 1.807) is 12.1 Å². The van der Waals surface area contributed by atoms with Gasteiger partial charge in [-0.3, -0.25) is 0 Å². The van der Waals surface area contributed by atoms with Crippen LogP contribution in [0.1, 0.15) is 5.56 Å². The van der Waals surface area contributed by atoms with E-state index < -0.39 is 6.09 Å². The first-order valence-electron chi connectivity index (χ1n) is 6.93. The highest BCUT2D eigenvalue weighted by Gasteiger charge is 2.11. The van der Waals surface area contributed by atoms with E-state index in [1.165, 1.54) is 5.56 Å². The fourth-order valence-corrected chi connectivity index (χ4v) is 2.33. The van der Waals surface area contributed by atoms with Crippen molar-refractivity contribution in [3.8, 4) is 17.1 Å². The molecule has 0 bridgehead atoms. The first-order valence-corrected chi connectivity index (χ1v) is 6.93. The highest BCUT2D eigenvalue weighted by molar-refractivity contribution is 5.87. The second-order valence-electron chi connectivity index (χ2n) is 4.89. The molecule has 0 radical (unpaired) electrons. The van der Waals surface area contributed by atoms with Crippen molar-refractivity contribution >= 4 is 17.1 Å². The number of aromatic amines is 1. The number of fused-ring (bicyclic) bond motifs is 1. The van der Waals surface area contributed by atoms with Crippen LogP contribution in [0.25, 0.3) is 22.4 Å². The molecule has 0 saturated heterocycles. The van der Waals surface area contributed by atoms with E-state index in [0.717, 1.165) is 17.5 Å². The van der Waals surface area contributed by atoms with Crippen LogP contribution < -0.4 is 16.2 Å². The number of hydrogen-bond donors (Lipinski definition) is 3. The molecular weight excluding hydrogens is 280 g/mol. The zero-order chi connectivity index (χ0) is 15.5. The maximum Gasteiger partial charge on any atom is 0.410 e. The van der Waals surface area contributed by atoms with Gasteiger partial charge in [0, 0.05) is 5.56 Å². The molecule has 3 aromatic rings. The fourth-order valence-electron chi connectivity index (χ4n) is 2.33. The van der Waals surface area contributed by atoms with E-state index in [4.69, 9.17) is 16.2 Å². The second kappa shape index (κ2) is 5.87. The Morgan fingerprint density at radius 3 is 2.64 bits per heavy atom. The number of benzene rings is 2. The maximum absolute atomic E-state index is 10.9. The number of nitrogens with zero attached hydrogens (tertiary/aromatic N) is 1. The van der Waals surface area contributed by atoms with Crippen LogP contribution in [0.4, 0.5) is 4.79 Å². The fraction of sp³-hybridized carbons (Fsp3) is 0.125. The number of H-pyrrole nitrogens is 1. The molecule has 0 aliphatic rings. The second-order valence-corrected chi connectivity index (χ2v) is 4.89. The minimum absolute atomic E-state index is 0.340. The molecule has 6 nitrogen and oxygen atoms in total. The molecule has 6 heteroatoms. The third kappa shape index (κ3) is 2.77. The van der Waals surface area contributed by atoms with E-state index in [-0.39, 0.29) is 0 Å². The van der Waals surface area contributed by atoms with Gasteiger partial charge < -0.3 is 21.2 Å². The number of hydrogen-bond acceptors (Lipinski definition) is 4. The number of imidazole rings is 1. The molecule has 1 aromatic heterocycles. The summed E-state index contributed by atoms with van der Waals surface area (Å²) >= 11 is 0. The largest absolute Gasteiger partial charge is 0.410 e. The number of aromatic nitrogens is 2. The molecule has 1 amide bonds. The van der Waals surface area contributed by atoms with E-state index in [0.29, 0.717) is 23.6 Å². The summed E-state index contributed by atoms with van der Waals surface area (Å²) in [6.45, 7) is 0.623. The summed E-state index contributed by atoms with van der Waals surface area (Å²) in [6.07, 6.45) is -0.0139. The molecule has 0 fully saturated rings. The lowest BCUT2D eigenvalue weighted by molar-refractivity contribution is 0.211. The number of nitrogens with one attached hydrogen (secondary N) is 1. The lowest BCUT2D eigenvalue weighted by Crippen LogP contribution is -2.16. The van der Waals surface area contributed by atoms with Crippen molar-refractivity contribution in [2.24, 2.45) is 11.5 Å². The van der Waals surface area contributed by atoms with Crippen LogP contribution in [0.2, 0.25) is 0 Å². The number of ether oxygens (including phenoxy) is 1. The van der Waals surface area contributed by atoms with Crippen LogP contribution in [0.5, 0.6) is 5.75 Å². The van der Waals surface area contributed by atoms with Crippen LogP contribution in [0.15, 0.2) is 42.5 Å². The topological polar surface area (TPSA) is 107 Å². The van der Waals surface area contributed by atoms with Crippen LogP contribution in [-0.4, -0.2) is 22.6 Å². The zero-order valence-electron chi connectivity index (χ0n) is 11.9. The van der Waals surface area contributed by atoms with Crippen molar-refractivity contribution in [2.75, 3.05) is 6.54 Å². The van der Waals surface area contributed by atoms with E-state index >= 15 is 0 Å². The third-order valence-electron chi connectivity index (χ3n) is 3.35. The summed E-state index contributed by atoms with van der Waals surface area (Å²) < 4.78 is 4.97. The quantitative estimate of drug-likeness (QED) is 0.686. The molecule has 3 rings (SSSR count). The maximum atomic E-state index is 10.9. The van der Waals surface area contributed by atoms with Crippen molar-refractivity contribution < 1.29 is 9.53 Å². The summed E-state index contributed by atoms with van der Waals surface area (Å²) in [5.41, 5.74) is 14.1. The lowest BCUT2D eigenvalue weighted by atomic mass is 10.1. The van der Waals surface area contributed by atoms with Gasteiger partial charge >= 0.3 is 6.09 Å². The van der Waals surface area contributed by atoms with Crippen LogP contribution >= 0.6 is 0 Å². The number of carbonyl (C=O) groups is 1. The van der Waals surface area contributed by atoms with Crippen molar-refractivity contribution in [2.45, 2.75) is 6.42 Å². The summed E-state index contributed by atoms with van der Waals surface area (Å²) in [7, 11) is 0. The highest BCUT2D eigenvalue weighted by Crippen LogP contribution is 2.27. The van der Waals surface area contributed by atoms with Gasteiger partial charge in [0.05, 0.1) is 5.52 Å². The molecule has 0 aliphatic carbocycles. The number of amides is 1. The third-order valence-corrected chi connectivity index (χ3v) is 3.35. The molecule has 0 unspecified atom stereocenters. The summed E-state index contributed by atoms with van der Waals surface area (Å²) in [5, 5.41) is 0. The van der Waals surface area contributed by atoms with E-state index in [2.05, 4.69) is 9.97 Å². The van der Waals surface area contributed by atoms with Gasteiger partial charge in [-0.05, 0) is 30.7 Å². The Morgan fingerprint density at radius 2 is 1.95 bits per heavy atom. The summed E-state index contributed by atoms with van der Waals surface area (Å²) in [4.78, 5) is 18.6. The first kappa shape index (κ1) is 14.1. The van der Waals surface area contributed by atoms with Crippen molar-refractivity contribution in [1.29, 1.82) is 0 Å². The summed E-state index contributed by atoms with van der Waals surface area (Å²) in [6, 6.07) is 13.3. The molecule has 5 N–H and O–H groups in total. The van der Waals surface area contributed by atoms with Gasteiger partial charge in [-0.1, -0.05) is 30.3 Å². The Labute approximate surface area is 127 Å². The average molecular weight is 296 g/mol. The Hall–Kier alpha value is -2.86. The van der Waals surface area contributed by atoms with Gasteiger partial charge in [-0.25, -0.2) is 9.78 Å². The standard InChI is InChI=1S/C16H16N4O2/c17-9-8-10-4-6-11(7-5-10)15-19-12-2-1-3-13(14(12)20-15)22-16(18)21/h1-7H,8-9,17H2,(H2,18,21)(H,19,20).